The second kappa shape index (κ2) is 10.7. The van der Waals surface area contributed by atoms with E-state index in [0.717, 1.165) is 82.9 Å². The molecule has 4 fully saturated rings. The minimum absolute atomic E-state index is 0.0177. The first-order chi connectivity index (χ1) is 20.4. The number of hydrogen-bond donors (Lipinski definition) is 2. The topological polar surface area (TPSA) is 93.6 Å². The predicted molar refractivity (Wildman–Crippen MR) is 161 cm³/mol. The highest BCUT2D eigenvalue weighted by molar-refractivity contribution is 5.94. The molecule has 7 rings (SSSR count). The fraction of sp³-hybridized carbons (Fsp3) is 0.529. The van der Waals surface area contributed by atoms with Crippen molar-refractivity contribution in [2.45, 2.75) is 45.2 Å². The van der Waals surface area contributed by atoms with Crippen LogP contribution < -0.4 is 10.1 Å². The lowest BCUT2D eigenvalue weighted by Gasteiger charge is -2.55. The molecule has 1 atom stereocenters. The number of carbonyl (C=O) groups is 1. The number of aromatic nitrogens is 1. The van der Waals surface area contributed by atoms with E-state index in [1.54, 1.807) is 7.11 Å². The lowest BCUT2D eigenvalue weighted by Crippen LogP contribution is -2.66. The maximum Gasteiger partial charge on any atom is 0.251 e. The first-order valence-corrected chi connectivity index (χ1v) is 15.4. The average molecular weight is 568 g/mol. The summed E-state index contributed by atoms with van der Waals surface area (Å²) in [6, 6.07) is 15.2. The van der Waals surface area contributed by atoms with Crippen molar-refractivity contribution in [3.8, 4) is 11.8 Å². The highest BCUT2D eigenvalue weighted by atomic mass is 16.5. The van der Waals surface area contributed by atoms with Gasteiger partial charge in [0.25, 0.3) is 5.91 Å². The van der Waals surface area contributed by atoms with E-state index in [0.29, 0.717) is 17.5 Å². The number of H-pyrrole nitrogens is 1. The molecule has 2 aromatic carbocycles. The maximum atomic E-state index is 12.9. The minimum atomic E-state index is -0.0177. The van der Waals surface area contributed by atoms with Crippen LogP contribution in [-0.4, -0.2) is 73.7 Å². The summed E-state index contributed by atoms with van der Waals surface area (Å²) in [5, 5.41) is 13.8. The largest absolute Gasteiger partial charge is 0.496 e. The smallest absolute Gasteiger partial charge is 0.251 e. The summed E-state index contributed by atoms with van der Waals surface area (Å²) in [5.74, 6) is 1.09. The monoisotopic (exact) mass is 567 g/mol. The number of ether oxygens (including phenoxy) is 2. The molecule has 3 aliphatic heterocycles. The molecule has 42 heavy (non-hydrogen) atoms. The summed E-state index contributed by atoms with van der Waals surface area (Å²) in [7, 11) is 1.75. The van der Waals surface area contributed by atoms with Crippen molar-refractivity contribution in [1.82, 2.24) is 20.1 Å². The van der Waals surface area contributed by atoms with Crippen molar-refractivity contribution in [2.24, 2.45) is 16.7 Å². The Hall–Kier alpha value is -3.38. The predicted octanol–water partition coefficient (Wildman–Crippen LogP) is 4.80. The van der Waals surface area contributed by atoms with E-state index in [1.807, 2.05) is 18.3 Å². The number of nitrogens with one attached hydrogen (secondary N) is 2. The van der Waals surface area contributed by atoms with Gasteiger partial charge < -0.3 is 24.7 Å². The Morgan fingerprint density at radius 2 is 1.95 bits per heavy atom. The summed E-state index contributed by atoms with van der Waals surface area (Å²) in [6.07, 6.45) is 6.14. The SMILES string of the molecule is COc1cc(C)c2[nH]ccc2c1CN1CCC2(CC(C#N)C2)C[C@H]1c1ccc(C(=O)NCCN2CC3(COC3)C2)cc1. The number of benzene rings is 2. The number of methoxy groups -OCH3 is 1. The normalized spacial score (nSPS) is 26.8. The molecule has 1 saturated carbocycles. The van der Waals surface area contributed by atoms with Crippen molar-refractivity contribution in [3.63, 3.8) is 0 Å². The van der Waals surface area contributed by atoms with Gasteiger partial charge in [-0.3, -0.25) is 9.69 Å². The number of likely N-dealkylation sites (tertiary alicyclic amines) is 2. The number of piperidine rings is 1. The van der Waals surface area contributed by atoms with Crippen molar-refractivity contribution in [2.75, 3.05) is 53.0 Å². The van der Waals surface area contributed by atoms with Gasteiger partial charge in [0.1, 0.15) is 5.75 Å². The number of aryl methyl sites for hydroxylation is 1. The van der Waals surface area contributed by atoms with Gasteiger partial charge >= 0.3 is 0 Å². The molecule has 1 amide bonds. The lowest BCUT2D eigenvalue weighted by atomic mass is 9.56. The van der Waals surface area contributed by atoms with Gasteiger partial charge in [0.05, 0.1) is 26.4 Å². The molecule has 3 aromatic rings. The van der Waals surface area contributed by atoms with E-state index in [2.05, 4.69) is 57.4 Å². The minimum Gasteiger partial charge on any atom is -0.496 e. The summed E-state index contributed by atoms with van der Waals surface area (Å²) in [4.78, 5) is 21.3. The molecule has 0 radical (unpaired) electrons. The Balaban J connectivity index is 1.07. The van der Waals surface area contributed by atoms with Gasteiger partial charge in [0, 0.05) is 78.3 Å². The van der Waals surface area contributed by atoms with E-state index in [4.69, 9.17) is 9.47 Å². The van der Waals surface area contributed by atoms with Gasteiger partial charge in [0.2, 0.25) is 0 Å². The van der Waals surface area contributed by atoms with Crippen molar-refractivity contribution >= 4 is 16.8 Å². The van der Waals surface area contributed by atoms with E-state index in [9.17, 15) is 10.1 Å². The molecular weight excluding hydrogens is 526 g/mol. The van der Waals surface area contributed by atoms with Crippen LogP contribution in [0, 0.1) is 35.0 Å². The molecule has 8 nitrogen and oxygen atoms in total. The van der Waals surface area contributed by atoms with Crippen LogP contribution in [0.1, 0.15) is 58.8 Å². The fourth-order valence-electron chi connectivity index (χ4n) is 8.05. The number of amides is 1. The van der Waals surface area contributed by atoms with Crippen LogP contribution >= 0.6 is 0 Å². The molecule has 2 N–H and O–H groups in total. The third-order valence-electron chi connectivity index (χ3n) is 10.4. The zero-order valence-electron chi connectivity index (χ0n) is 24.7. The number of carbonyl (C=O) groups excluding carboxylic acids is 1. The first-order valence-electron chi connectivity index (χ1n) is 15.4. The molecule has 4 heterocycles. The van der Waals surface area contributed by atoms with Gasteiger partial charge in [-0.25, -0.2) is 0 Å². The third-order valence-corrected chi connectivity index (χ3v) is 10.4. The Morgan fingerprint density at radius 1 is 1.17 bits per heavy atom. The van der Waals surface area contributed by atoms with Crippen LogP contribution in [-0.2, 0) is 11.3 Å². The van der Waals surface area contributed by atoms with Crippen LogP contribution in [0.3, 0.4) is 0 Å². The molecule has 0 unspecified atom stereocenters. The molecular formula is C34H41N5O3. The second-order valence-electron chi connectivity index (χ2n) is 13.4. The van der Waals surface area contributed by atoms with Crippen molar-refractivity contribution < 1.29 is 14.3 Å². The standard InChI is InChI=1S/C34H41N5O3/c1-23-13-30(41-2)28(27-7-9-36-31(23)27)18-39-11-8-33(14-24(15-33)17-35)16-29(39)25-3-5-26(6-4-25)32(40)37-10-12-38-19-34(20-38)21-42-22-34/h3-7,9,13,24,29,36H,8,10-12,14-16,18-22H2,1-2H3,(H,37,40)/t24?,29-,33?/m0/s1. The lowest BCUT2D eigenvalue weighted by molar-refractivity contribution is -0.188. The Labute approximate surface area is 248 Å². The molecule has 0 bridgehead atoms. The third kappa shape index (κ3) is 4.88. The molecule has 3 saturated heterocycles. The first kappa shape index (κ1) is 27.5. The van der Waals surface area contributed by atoms with Crippen LogP contribution in [0.15, 0.2) is 42.6 Å². The van der Waals surface area contributed by atoms with E-state index >= 15 is 0 Å². The highest BCUT2D eigenvalue weighted by Gasteiger charge is 2.49. The van der Waals surface area contributed by atoms with Crippen LogP contribution in [0.5, 0.6) is 5.75 Å². The van der Waals surface area contributed by atoms with Gasteiger partial charge in [-0.1, -0.05) is 12.1 Å². The number of nitrogens with zero attached hydrogens (tertiary/aromatic N) is 3. The quantitative estimate of drug-likeness (QED) is 0.406. The van der Waals surface area contributed by atoms with E-state index < -0.39 is 0 Å². The number of fused-ring (bicyclic) bond motifs is 1. The average Bonchev–Trinajstić information content (AvgIpc) is 3.44. The maximum absolute atomic E-state index is 12.9. The number of rotatable bonds is 8. The summed E-state index contributed by atoms with van der Waals surface area (Å²) in [6.45, 7) is 9.33. The Bertz CT molecular complexity index is 1500. The van der Waals surface area contributed by atoms with Crippen molar-refractivity contribution in [3.05, 3.63) is 64.8 Å². The zero-order valence-corrected chi connectivity index (χ0v) is 24.7. The molecule has 2 spiro atoms. The molecule has 4 aliphatic rings. The van der Waals surface area contributed by atoms with Gasteiger partial charge in [-0.2, -0.15) is 5.26 Å². The molecule has 1 aromatic heterocycles. The van der Waals surface area contributed by atoms with Gasteiger partial charge in [0.15, 0.2) is 0 Å². The van der Waals surface area contributed by atoms with Crippen molar-refractivity contribution in [1.29, 1.82) is 5.26 Å². The number of nitriles is 1. The Kier molecular flexibility index (Phi) is 7.00. The molecule has 8 heteroatoms. The van der Waals surface area contributed by atoms with E-state index in [1.165, 1.54) is 22.1 Å². The number of aromatic amines is 1. The summed E-state index contributed by atoms with van der Waals surface area (Å²) in [5.41, 5.74) is 6.11. The second-order valence-corrected chi connectivity index (χ2v) is 13.4. The zero-order chi connectivity index (χ0) is 28.9. The summed E-state index contributed by atoms with van der Waals surface area (Å²) >= 11 is 0. The summed E-state index contributed by atoms with van der Waals surface area (Å²) < 4.78 is 11.2. The molecule has 1 aliphatic carbocycles. The van der Waals surface area contributed by atoms with Crippen LogP contribution in [0.4, 0.5) is 0 Å². The van der Waals surface area contributed by atoms with Gasteiger partial charge in [-0.15, -0.1) is 0 Å². The van der Waals surface area contributed by atoms with E-state index in [-0.39, 0.29) is 23.3 Å². The van der Waals surface area contributed by atoms with Gasteiger partial charge in [-0.05, 0) is 80.0 Å². The number of hydrogen-bond acceptors (Lipinski definition) is 6. The fourth-order valence-corrected chi connectivity index (χ4v) is 8.05. The van der Waals surface area contributed by atoms with Crippen LogP contribution in [0.25, 0.3) is 10.9 Å². The Morgan fingerprint density at radius 3 is 2.64 bits per heavy atom. The molecule has 220 valence electrons. The highest BCUT2D eigenvalue weighted by Crippen LogP contribution is 2.57. The van der Waals surface area contributed by atoms with Crippen LogP contribution in [0.2, 0.25) is 0 Å².